The van der Waals surface area contributed by atoms with Crippen LogP contribution in [0, 0.1) is 10.1 Å². The van der Waals surface area contributed by atoms with Crippen LogP contribution in [0.2, 0.25) is 0 Å². The van der Waals surface area contributed by atoms with Crippen LogP contribution in [-0.2, 0) is 0 Å². The highest BCUT2D eigenvalue weighted by Gasteiger charge is 2.15. The lowest BCUT2D eigenvalue weighted by atomic mass is 10.2. The van der Waals surface area contributed by atoms with Crippen LogP contribution in [0.4, 0.5) is 11.4 Å². The van der Waals surface area contributed by atoms with Gasteiger partial charge in [-0.3, -0.25) is 14.9 Å². The van der Waals surface area contributed by atoms with Crippen molar-refractivity contribution in [3.63, 3.8) is 0 Å². The summed E-state index contributed by atoms with van der Waals surface area (Å²) in [5, 5.41) is 25.0. The Bertz CT molecular complexity index is 909. The molecule has 0 saturated heterocycles. The number of non-ortho nitro benzene ring substituents is 1. The number of carbonyl (C=O) groups excluding carboxylic acids is 1. The summed E-state index contributed by atoms with van der Waals surface area (Å²) in [7, 11) is 1.35. The van der Waals surface area contributed by atoms with E-state index in [1.54, 1.807) is 6.07 Å². The van der Waals surface area contributed by atoms with E-state index in [1.165, 1.54) is 48.7 Å². The zero-order valence-electron chi connectivity index (χ0n) is 12.9. The minimum atomic E-state index is -0.553. The minimum absolute atomic E-state index is 0.0595. The van der Waals surface area contributed by atoms with Crippen molar-refractivity contribution < 1.29 is 14.5 Å². The number of nitro groups is 1. The zero-order valence-corrected chi connectivity index (χ0v) is 12.9. The number of carbonyl (C=O) groups is 1. The summed E-state index contributed by atoms with van der Waals surface area (Å²) in [6, 6.07) is 6.89. The molecule has 0 unspecified atom stereocenters. The first-order chi connectivity index (χ1) is 12.1. The lowest BCUT2D eigenvalue weighted by Crippen LogP contribution is -2.15. The number of methoxy groups -OCH3 is 1. The van der Waals surface area contributed by atoms with Gasteiger partial charge in [0.15, 0.2) is 11.5 Å². The summed E-state index contributed by atoms with van der Waals surface area (Å²) >= 11 is 0. The first-order valence-corrected chi connectivity index (χ1v) is 6.91. The topological polar surface area (TPSA) is 138 Å². The van der Waals surface area contributed by atoms with Crippen LogP contribution in [0.15, 0.2) is 43.0 Å². The maximum Gasteiger partial charge on any atom is 0.276 e. The van der Waals surface area contributed by atoms with Gasteiger partial charge in [0.25, 0.3) is 11.6 Å². The molecular weight excluding hydrogens is 330 g/mol. The third-order valence-corrected chi connectivity index (χ3v) is 3.18. The van der Waals surface area contributed by atoms with Crippen molar-refractivity contribution in [3.8, 4) is 11.6 Å². The summed E-state index contributed by atoms with van der Waals surface area (Å²) in [5.41, 5.74) is 0.191. The van der Waals surface area contributed by atoms with Gasteiger partial charge in [0.2, 0.25) is 0 Å². The van der Waals surface area contributed by atoms with Crippen molar-refractivity contribution in [1.29, 1.82) is 0 Å². The summed E-state index contributed by atoms with van der Waals surface area (Å²) < 4.78 is 6.46. The highest BCUT2D eigenvalue weighted by atomic mass is 16.6. The molecule has 1 N–H and O–H groups in total. The average Bonchev–Trinajstić information content (AvgIpc) is 3.16. The van der Waals surface area contributed by atoms with Gasteiger partial charge in [0, 0.05) is 6.07 Å². The molecule has 2 heterocycles. The molecule has 0 aliphatic carbocycles. The molecule has 0 radical (unpaired) electrons. The molecule has 0 aliphatic rings. The normalized spacial score (nSPS) is 10.3. The van der Waals surface area contributed by atoms with E-state index in [4.69, 9.17) is 4.74 Å². The predicted octanol–water partition coefficient (Wildman–Crippen LogP) is 1.23. The molecule has 0 aliphatic heterocycles. The van der Waals surface area contributed by atoms with Crippen LogP contribution in [0.3, 0.4) is 0 Å². The summed E-state index contributed by atoms with van der Waals surface area (Å²) in [6.45, 7) is 0. The molecule has 11 heteroatoms. The van der Waals surface area contributed by atoms with Gasteiger partial charge in [-0.25, -0.2) is 9.67 Å². The van der Waals surface area contributed by atoms with E-state index in [9.17, 15) is 14.9 Å². The van der Waals surface area contributed by atoms with Gasteiger partial charge >= 0.3 is 0 Å². The molecular formula is C14H11N7O4. The largest absolute Gasteiger partial charge is 0.494 e. The number of nitro benzene ring substituents is 1. The highest BCUT2D eigenvalue weighted by Crippen LogP contribution is 2.29. The van der Waals surface area contributed by atoms with E-state index in [-0.39, 0.29) is 22.8 Å². The molecule has 0 saturated carbocycles. The standard InChI is InChI=1S/C14H11N7O4/c1-25-12-6-9(21(23)24)2-3-10(12)17-14(22)11-4-5-13(19-18-11)20-8-15-7-16-20/h2-8H,1H3,(H,17,22). The van der Waals surface area contributed by atoms with Crippen molar-refractivity contribution in [1.82, 2.24) is 25.0 Å². The number of rotatable bonds is 5. The molecule has 0 atom stereocenters. The van der Waals surface area contributed by atoms with Gasteiger partial charge in [-0.15, -0.1) is 10.2 Å². The quantitative estimate of drug-likeness (QED) is 0.540. The molecule has 3 aromatic rings. The smallest absolute Gasteiger partial charge is 0.276 e. The number of ether oxygens (including phenoxy) is 1. The van der Waals surface area contributed by atoms with E-state index in [1.807, 2.05) is 0 Å². The fourth-order valence-electron chi connectivity index (χ4n) is 1.98. The molecule has 3 rings (SSSR count). The van der Waals surface area contributed by atoms with Crippen molar-refractivity contribution in [2.75, 3.05) is 12.4 Å². The highest BCUT2D eigenvalue weighted by molar-refractivity contribution is 6.03. The molecule has 0 bridgehead atoms. The van der Waals surface area contributed by atoms with Gasteiger partial charge in [0.05, 0.1) is 23.8 Å². The van der Waals surface area contributed by atoms with Gasteiger partial charge in [-0.05, 0) is 18.2 Å². The third kappa shape index (κ3) is 3.39. The van der Waals surface area contributed by atoms with Crippen molar-refractivity contribution >= 4 is 17.3 Å². The van der Waals surface area contributed by atoms with Crippen LogP contribution >= 0.6 is 0 Å². The molecule has 25 heavy (non-hydrogen) atoms. The third-order valence-electron chi connectivity index (χ3n) is 3.18. The summed E-state index contributed by atoms with van der Waals surface area (Å²) in [6.07, 6.45) is 2.80. The number of hydrogen-bond acceptors (Lipinski definition) is 8. The second-order valence-electron chi connectivity index (χ2n) is 4.71. The number of anilines is 1. The lowest BCUT2D eigenvalue weighted by Gasteiger charge is -2.09. The molecule has 0 fully saturated rings. The average molecular weight is 341 g/mol. The minimum Gasteiger partial charge on any atom is -0.494 e. The second-order valence-corrected chi connectivity index (χ2v) is 4.71. The number of benzene rings is 1. The van der Waals surface area contributed by atoms with Gasteiger partial charge in [0.1, 0.15) is 18.4 Å². The maximum atomic E-state index is 12.3. The Kier molecular flexibility index (Phi) is 4.28. The van der Waals surface area contributed by atoms with Crippen molar-refractivity contribution in [3.05, 3.63) is 58.8 Å². The molecule has 0 spiro atoms. The fourth-order valence-corrected chi connectivity index (χ4v) is 1.98. The van der Waals surface area contributed by atoms with E-state index < -0.39 is 10.8 Å². The molecule has 1 aromatic carbocycles. The summed E-state index contributed by atoms with van der Waals surface area (Å²) in [5.74, 6) is 0.0292. The monoisotopic (exact) mass is 341 g/mol. The van der Waals surface area contributed by atoms with E-state index >= 15 is 0 Å². The van der Waals surface area contributed by atoms with Crippen LogP contribution in [-0.4, -0.2) is 42.9 Å². The van der Waals surface area contributed by atoms with Crippen LogP contribution in [0.25, 0.3) is 5.82 Å². The second kappa shape index (κ2) is 6.70. The van der Waals surface area contributed by atoms with E-state index in [0.717, 1.165) is 0 Å². The number of nitrogens with zero attached hydrogens (tertiary/aromatic N) is 6. The summed E-state index contributed by atoms with van der Waals surface area (Å²) in [4.78, 5) is 26.3. The molecule has 11 nitrogen and oxygen atoms in total. The van der Waals surface area contributed by atoms with Gasteiger partial charge in [-0.2, -0.15) is 5.10 Å². The predicted molar refractivity (Wildman–Crippen MR) is 84.6 cm³/mol. The number of nitrogens with one attached hydrogen (secondary N) is 1. The van der Waals surface area contributed by atoms with Crippen LogP contribution in [0.5, 0.6) is 5.75 Å². The van der Waals surface area contributed by atoms with Crippen LogP contribution < -0.4 is 10.1 Å². The Morgan fingerprint density at radius 3 is 2.72 bits per heavy atom. The zero-order chi connectivity index (χ0) is 17.8. The Morgan fingerprint density at radius 2 is 2.12 bits per heavy atom. The fraction of sp³-hybridized carbons (Fsp3) is 0.0714. The number of hydrogen-bond donors (Lipinski definition) is 1. The van der Waals surface area contributed by atoms with Crippen LogP contribution in [0.1, 0.15) is 10.5 Å². The SMILES string of the molecule is COc1cc([N+](=O)[O-])ccc1NC(=O)c1ccc(-n2cncn2)nn1. The Morgan fingerprint density at radius 1 is 1.28 bits per heavy atom. The maximum absolute atomic E-state index is 12.3. The Balaban J connectivity index is 1.79. The first kappa shape index (κ1) is 16.0. The lowest BCUT2D eigenvalue weighted by molar-refractivity contribution is -0.384. The Hall–Kier alpha value is -3.89. The van der Waals surface area contributed by atoms with Crippen molar-refractivity contribution in [2.24, 2.45) is 0 Å². The molecule has 2 aromatic heterocycles. The van der Waals surface area contributed by atoms with E-state index in [2.05, 4.69) is 25.6 Å². The van der Waals surface area contributed by atoms with E-state index in [0.29, 0.717) is 5.82 Å². The first-order valence-electron chi connectivity index (χ1n) is 6.91. The number of amides is 1. The van der Waals surface area contributed by atoms with Crippen molar-refractivity contribution in [2.45, 2.75) is 0 Å². The molecule has 1 amide bonds. The van der Waals surface area contributed by atoms with Gasteiger partial charge < -0.3 is 10.1 Å². The van der Waals surface area contributed by atoms with Gasteiger partial charge in [-0.1, -0.05) is 0 Å². The Labute approximate surface area is 140 Å². The molecule has 126 valence electrons. The number of aromatic nitrogens is 5.